The van der Waals surface area contributed by atoms with Crippen molar-refractivity contribution in [2.24, 2.45) is 0 Å². The first-order valence-corrected chi connectivity index (χ1v) is 8.89. The molecule has 6 nitrogen and oxygen atoms in total. The molecule has 0 aromatic rings. The van der Waals surface area contributed by atoms with E-state index in [0.29, 0.717) is 32.2 Å². The van der Waals surface area contributed by atoms with Gasteiger partial charge >= 0.3 is 12.0 Å². The van der Waals surface area contributed by atoms with Gasteiger partial charge in [-0.05, 0) is 31.9 Å². The molecular weight excluding hydrogens is 290 g/mol. The summed E-state index contributed by atoms with van der Waals surface area (Å²) in [5.74, 6) is -0.807. The van der Waals surface area contributed by atoms with Crippen molar-refractivity contribution in [3.8, 4) is 0 Å². The summed E-state index contributed by atoms with van der Waals surface area (Å²) in [5.41, 5.74) is 0. The second-order valence-corrected chi connectivity index (χ2v) is 6.95. The lowest BCUT2D eigenvalue weighted by molar-refractivity contribution is -0.138. The molecule has 0 atom stereocenters. The van der Waals surface area contributed by atoms with Gasteiger partial charge in [0, 0.05) is 37.5 Å². The molecule has 1 aliphatic heterocycles. The maximum absolute atomic E-state index is 12.2. The second-order valence-electron chi connectivity index (χ2n) is 5.82. The Kier molecular flexibility index (Phi) is 6.17. The minimum atomic E-state index is -0.807. The highest BCUT2D eigenvalue weighted by atomic mass is 32.2. The molecule has 1 saturated heterocycles. The summed E-state index contributed by atoms with van der Waals surface area (Å²) in [6.07, 6.45) is 6.64. The second kappa shape index (κ2) is 7.89. The number of carboxylic acids is 1. The van der Waals surface area contributed by atoms with E-state index in [1.54, 1.807) is 4.90 Å². The van der Waals surface area contributed by atoms with E-state index < -0.39 is 5.97 Å². The van der Waals surface area contributed by atoms with Gasteiger partial charge in [0.2, 0.25) is 0 Å². The van der Waals surface area contributed by atoms with Crippen LogP contribution in [0.3, 0.4) is 0 Å². The van der Waals surface area contributed by atoms with E-state index in [4.69, 9.17) is 5.11 Å². The lowest BCUT2D eigenvalue weighted by Gasteiger charge is -2.35. The highest BCUT2D eigenvalue weighted by molar-refractivity contribution is 7.99. The third-order valence-corrected chi connectivity index (χ3v) is 5.49. The number of carbonyl (C=O) groups excluding carboxylic acids is 1. The molecule has 2 fully saturated rings. The predicted molar refractivity (Wildman–Crippen MR) is 83.7 cm³/mol. The molecule has 7 heteroatoms. The maximum Gasteiger partial charge on any atom is 0.317 e. The number of aliphatic carboxylic acids is 1. The Morgan fingerprint density at radius 1 is 1.14 bits per heavy atom. The van der Waals surface area contributed by atoms with Crippen molar-refractivity contribution in [2.75, 3.05) is 39.0 Å². The number of amides is 2. The summed E-state index contributed by atoms with van der Waals surface area (Å²) >= 11 is 1.92. The van der Waals surface area contributed by atoms with Crippen LogP contribution in [0.15, 0.2) is 0 Å². The highest BCUT2D eigenvalue weighted by Gasteiger charge is 2.26. The number of nitrogens with one attached hydrogen (secondary N) is 1. The van der Waals surface area contributed by atoms with Crippen LogP contribution in [0.25, 0.3) is 0 Å². The first kappa shape index (κ1) is 16.4. The van der Waals surface area contributed by atoms with E-state index in [1.165, 1.54) is 12.8 Å². The summed E-state index contributed by atoms with van der Waals surface area (Å²) in [6, 6.07) is 0.315. The van der Waals surface area contributed by atoms with Gasteiger partial charge < -0.3 is 15.3 Å². The minimum Gasteiger partial charge on any atom is -0.480 e. The Morgan fingerprint density at radius 2 is 1.76 bits per heavy atom. The van der Waals surface area contributed by atoms with Gasteiger partial charge in [-0.15, -0.1) is 0 Å². The summed E-state index contributed by atoms with van der Waals surface area (Å²) < 4.78 is 0. The van der Waals surface area contributed by atoms with Gasteiger partial charge in [0.25, 0.3) is 0 Å². The summed E-state index contributed by atoms with van der Waals surface area (Å²) in [7, 11) is 0. The molecule has 2 N–H and O–H groups in total. The van der Waals surface area contributed by atoms with E-state index in [-0.39, 0.29) is 12.6 Å². The van der Waals surface area contributed by atoms with Crippen LogP contribution in [-0.2, 0) is 4.79 Å². The van der Waals surface area contributed by atoms with Crippen LogP contribution in [-0.4, -0.2) is 77.2 Å². The van der Waals surface area contributed by atoms with E-state index in [9.17, 15) is 9.59 Å². The fraction of sp³-hybridized carbons (Fsp3) is 0.857. The number of thioether (sulfide) groups is 1. The number of hydrogen-bond donors (Lipinski definition) is 2. The zero-order valence-electron chi connectivity index (χ0n) is 12.6. The molecule has 0 radical (unpaired) electrons. The summed E-state index contributed by atoms with van der Waals surface area (Å²) in [6.45, 7) is 2.56. The van der Waals surface area contributed by atoms with Crippen LogP contribution in [0.4, 0.5) is 4.79 Å². The van der Waals surface area contributed by atoms with Crippen LogP contribution < -0.4 is 5.32 Å². The molecule has 0 aromatic carbocycles. The number of urea groups is 1. The van der Waals surface area contributed by atoms with Crippen LogP contribution in [0.5, 0.6) is 0 Å². The number of hydrogen-bond acceptors (Lipinski definition) is 4. The summed E-state index contributed by atoms with van der Waals surface area (Å²) in [4.78, 5) is 26.6. The highest BCUT2D eigenvalue weighted by Crippen LogP contribution is 2.26. The Hall–Kier alpha value is -0.950. The van der Waals surface area contributed by atoms with Gasteiger partial charge in [-0.3, -0.25) is 9.69 Å². The SMILES string of the molecule is CSC1CCC(NC(=O)N2CCN(CC(=O)O)CC2)CC1. The van der Waals surface area contributed by atoms with E-state index in [0.717, 1.165) is 18.1 Å². The topological polar surface area (TPSA) is 72.9 Å². The Morgan fingerprint density at radius 3 is 2.29 bits per heavy atom. The Balaban J connectivity index is 1.69. The van der Waals surface area contributed by atoms with Crippen LogP contribution in [0.2, 0.25) is 0 Å². The van der Waals surface area contributed by atoms with Crippen LogP contribution in [0.1, 0.15) is 25.7 Å². The average molecular weight is 315 g/mol. The van der Waals surface area contributed by atoms with E-state index in [1.807, 2.05) is 16.7 Å². The number of rotatable bonds is 4. The normalized spacial score (nSPS) is 27.4. The molecule has 120 valence electrons. The molecule has 2 rings (SSSR count). The fourth-order valence-electron chi connectivity index (χ4n) is 3.01. The molecule has 1 heterocycles. The first-order chi connectivity index (χ1) is 10.1. The number of nitrogens with zero attached hydrogens (tertiary/aromatic N) is 2. The molecule has 21 heavy (non-hydrogen) atoms. The number of carboxylic acid groups (broad SMARTS) is 1. The van der Waals surface area contributed by atoms with Crippen molar-refractivity contribution in [3.05, 3.63) is 0 Å². The average Bonchev–Trinajstić information content (AvgIpc) is 2.48. The smallest absolute Gasteiger partial charge is 0.317 e. The van der Waals surface area contributed by atoms with Gasteiger partial charge in [-0.25, -0.2) is 4.79 Å². The Labute approximate surface area is 130 Å². The molecule has 1 aliphatic carbocycles. The molecule has 0 bridgehead atoms. The minimum absolute atomic E-state index is 0.0116. The largest absolute Gasteiger partial charge is 0.480 e. The lowest BCUT2D eigenvalue weighted by atomic mass is 9.95. The Bertz CT molecular complexity index is 364. The third-order valence-electron chi connectivity index (χ3n) is 4.35. The molecule has 0 aromatic heterocycles. The van der Waals surface area contributed by atoms with Gasteiger partial charge in [0.1, 0.15) is 0 Å². The first-order valence-electron chi connectivity index (χ1n) is 7.61. The van der Waals surface area contributed by atoms with Gasteiger partial charge in [0.05, 0.1) is 6.54 Å². The predicted octanol–water partition coefficient (Wildman–Crippen LogP) is 1.07. The third kappa shape index (κ3) is 5.07. The van der Waals surface area contributed by atoms with Gasteiger partial charge in [-0.2, -0.15) is 11.8 Å². The van der Waals surface area contributed by atoms with Gasteiger partial charge in [-0.1, -0.05) is 0 Å². The quantitative estimate of drug-likeness (QED) is 0.812. The number of carbonyl (C=O) groups is 2. The molecular formula is C14H25N3O3S. The molecule has 0 spiro atoms. The molecule has 2 aliphatic rings. The summed E-state index contributed by atoms with van der Waals surface area (Å²) in [5, 5.41) is 12.6. The van der Waals surface area contributed by atoms with Gasteiger partial charge in [0.15, 0.2) is 0 Å². The maximum atomic E-state index is 12.2. The van der Waals surface area contributed by atoms with Crippen molar-refractivity contribution in [2.45, 2.75) is 37.0 Å². The van der Waals surface area contributed by atoms with E-state index in [2.05, 4.69) is 11.6 Å². The van der Waals surface area contributed by atoms with Crippen LogP contribution >= 0.6 is 11.8 Å². The lowest BCUT2D eigenvalue weighted by Crippen LogP contribution is -2.54. The van der Waals surface area contributed by atoms with Crippen molar-refractivity contribution in [1.82, 2.24) is 15.1 Å². The van der Waals surface area contributed by atoms with Crippen molar-refractivity contribution >= 4 is 23.8 Å². The molecule has 0 unspecified atom stereocenters. The van der Waals surface area contributed by atoms with Crippen molar-refractivity contribution < 1.29 is 14.7 Å². The van der Waals surface area contributed by atoms with E-state index >= 15 is 0 Å². The standard InChI is InChI=1S/C14H25N3O3S/c1-21-12-4-2-11(3-5-12)15-14(20)17-8-6-16(7-9-17)10-13(18)19/h11-12H,2-10H2,1H3,(H,15,20)(H,18,19). The zero-order valence-corrected chi connectivity index (χ0v) is 13.4. The van der Waals surface area contributed by atoms with Crippen molar-refractivity contribution in [1.29, 1.82) is 0 Å². The van der Waals surface area contributed by atoms with Crippen LogP contribution in [0, 0.1) is 0 Å². The molecule has 1 saturated carbocycles. The zero-order chi connectivity index (χ0) is 15.2. The molecule has 2 amide bonds. The fourth-order valence-corrected chi connectivity index (χ4v) is 3.75. The monoisotopic (exact) mass is 315 g/mol. The number of piperazine rings is 1. The van der Waals surface area contributed by atoms with Crippen molar-refractivity contribution in [3.63, 3.8) is 0 Å².